The van der Waals surface area contributed by atoms with Gasteiger partial charge in [-0.1, -0.05) is 48.0 Å². The number of ether oxygens (including phenoxy) is 1. The topological polar surface area (TPSA) is 58.6 Å². The first-order valence-corrected chi connectivity index (χ1v) is 8.60. The number of aliphatic hydroxyl groups excluding tert-OH is 1. The van der Waals surface area contributed by atoms with Gasteiger partial charge in [0.25, 0.3) is 0 Å². The first kappa shape index (κ1) is 19.5. The van der Waals surface area contributed by atoms with Crippen molar-refractivity contribution < 1.29 is 14.6 Å². The molecule has 2 rings (SSSR count). The van der Waals surface area contributed by atoms with Crippen LogP contribution >= 0.6 is 0 Å². The van der Waals surface area contributed by atoms with Gasteiger partial charge in [0.2, 0.25) is 5.91 Å². The summed E-state index contributed by atoms with van der Waals surface area (Å²) in [6.45, 7) is 4.71. The van der Waals surface area contributed by atoms with Crippen molar-refractivity contribution in [1.82, 2.24) is 5.32 Å². The van der Waals surface area contributed by atoms with Crippen molar-refractivity contribution in [3.05, 3.63) is 83.4 Å². The molecule has 1 unspecified atom stereocenters. The molecule has 0 aliphatic rings. The fraction of sp³-hybridized carbons (Fsp3) is 0.227. The van der Waals surface area contributed by atoms with Crippen molar-refractivity contribution in [2.24, 2.45) is 0 Å². The lowest BCUT2D eigenvalue weighted by Gasteiger charge is -2.12. The fourth-order valence-corrected chi connectivity index (χ4v) is 2.20. The summed E-state index contributed by atoms with van der Waals surface area (Å²) in [7, 11) is 0. The van der Waals surface area contributed by atoms with Gasteiger partial charge in [0, 0.05) is 12.6 Å². The van der Waals surface area contributed by atoms with Crippen LogP contribution in [0.2, 0.25) is 0 Å². The van der Waals surface area contributed by atoms with Crippen LogP contribution in [0.5, 0.6) is 5.75 Å². The zero-order chi connectivity index (χ0) is 18.8. The van der Waals surface area contributed by atoms with Gasteiger partial charge in [0.05, 0.1) is 6.10 Å². The van der Waals surface area contributed by atoms with Crippen LogP contribution in [0.1, 0.15) is 31.1 Å². The van der Waals surface area contributed by atoms with Crippen LogP contribution in [0.4, 0.5) is 0 Å². The van der Waals surface area contributed by atoms with Gasteiger partial charge in [-0.05, 0) is 49.3 Å². The number of carbonyl (C=O) groups excluding carboxylic acids is 1. The molecule has 1 amide bonds. The second-order valence-corrected chi connectivity index (χ2v) is 6.17. The number of rotatable bonds is 8. The van der Waals surface area contributed by atoms with E-state index in [4.69, 9.17) is 4.74 Å². The van der Waals surface area contributed by atoms with Gasteiger partial charge in [-0.2, -0.15) is 0 Å². The van der Waals surface area contributed by atoms with Gasteiger partial charge in [-0.15, -0.1) is 0 Å². The molecule has 0 aromatic heterocycles. The van der Waals surface area contributed by atoms with Gasteiger partial charge in [-0.25, -0.2) is 0 Å². The average molecular weight is 351 g/mol. The number of amides is 1. The quantitative estimate of drug-likeness (QED) is 0.560. The maximum Gasteiger partial charge on any atom is 0.244 e. The van der Waals surface area contributed by atoms with Crippen LogP contribution < -0.4 is 10.1 Å². The first-order chi connectivity index (χ1) is 12.5. The van der Waals surface area contributed by atoms with Gasteiger partial charge in [-0.3, -0.25) is 4.79 Å². The minimum atomic E-state index is -0.768. The molecule has 0 saturated heterocycles. The summed E-state index contributed by atoms with van der Waals surface area (Å²) in [5, 5.41) is 12.9. The summed E-state index contributed by atoms with van der Waals surface area (Å²) in [5.41, 5.74) is 2.88. The van der Waals surface area contributed by atoms with E-state index in [1.54, 1.807) is 18.2 Å². The SMILES string of the molecule is CC(C)=CCOc1ccc(C(O)CNC(=O)/C=C/c2ccccc2)cc1. The zero-order valence-corrected chi connectivity index (χ0v) is 15.2. The van der Waals surface area contributed by atoms with E-state index in [-0.39, 0.29) is 12.5 Å². The molecule has 0 bridgehead atoms. The molecule has 4 nitrogen and oxygen atoms in total. The second kappa shape index (κ2) is 10.2. The summed E-state index contributed by atoms with van der Waals surface area (Å²) in [5.74, 6) is 0.503. The van der Waals surface area contributed by atoms with Crippen LogP contribution in [-0.4, -0.2) is 24.2 Å². The number of hydrogen-bond donors (Lipinski definition) is 2. The third-order valence-electron chi connectivity index (χ3n) is 3.70. The molecule has 0 heterocycles. The van der Waals surface area contributed by atoms with Crippen molar-refractivity contribution in [1.29, 1.82) is 0 Å². The monoisotopic (exact) mass is 351 g/mol. The Morgan fingerprint density at radius 3 is 2.46 bits per heavy atom. The van der Waals surface area contributed by atoms with Crippen LogP contribution in [0.3, 0.4) is 0 Å². The molecule has 0 radical (unpaired) electrons. The van der Waals surface area contributed by atoms with Crippen molar-refractivity contribution in [2.45, 2.75) is 20.0 Å². The molecule has 2 aromatic carbocycles. The molecule has 26 heavy (non-hydrogen) atoms. The Kier molecular flexibility index (Phi) is 7.65. The molecular weight excluding hydrogens is 326 g/mol. The lowest BCUT2D eigenvalue weighted by atomic mass is 10.1. The molecule has 136 valence electrons. The van der Waals surface area contributed by atoms with Crippen molar-refractivity contribution in [3.8, 4) is 5.75 Å². The molecule has 2 aromatic rings. The third kappa shape index (κ3) is 6.95. The highest BCUT2D eigenvalue weighted by Crippen LogP contribution is 2.17. The second-order valence-electron chi connectivity index (χ2n) is 6.17. The number of nitrogens with one attached hydrogen (secondary N) is 1. The number of benzene rings is 2. The highest BCUT2D eigenvalue weighted by Gasteiger charge is 2.08. The molecule has 0 fully saturated rings. The highest BCUT2D eigenvalue weighted by molar-refractivity contribution is 5.91. The Bertz CT molecular complexity index is 745. The van der Waals surface area contributed by atoms with Crippen LogP contribution in [0.15, 0.2) is 72.3 Å². The number of hydrogen-bond acceptors (Lipinski definition) is 3. The lowest BCUT2D eigenvalue weighted by Crippen LogP contribution is -2.26. The summed E-state index contributed by atoms with van der Waals surface area (Å²) < 4.78 is 5.59. The zero-order valence-electron chi connectivity index (χ0n) is 15.2. The summed E-state index contributed by atoms with van der Waals surface area (Å²) in [6, 6.07) is 16.8. The molecule has 1 atom stereocenters. The number of carbonyl (C=O) groups is 1. The van der Waals surface area contributed by atoms with E-state index < -0.39 is 6.10 Å². The van der Waals surface area contributed by atoms with Gasteiger partial charge < -0.3 is 15.2 Å². The van der Waals surface area contributed by atoms with E-state index in [9.17, 15) is 9.90 Å². The Morgan fingerprint density at radius 2 is 1.81 bits per heavy atom. The van der Waals surface area contributed by atoms with E-state index in [1.165, 1.54) is 11.6 Å². The summed E-state index contributed by atoms with van der Waals surface area (Å²) in [4.78, 5) is 11.8. The molecule has 0 aliphatic carbocycles. The maximum atomic E-state index is 11.8. The molecular formula is C22H25NO3. The van der Waals surface area contributed by atoms with E-state index in [0.717, 1.165) is 16.9 Å². The maximum absolute atomic E-state index is 11.8. The van der Waals surface area contributed by atoms with E-state index in [1.807, 2.05) is 62.4 Å². The molecule has 0 aliphatic heterocycles. The molecule has 4 heteroatoms. The summed E-state index contributed by atoms with van der Waals surface area (Å²) >= 11 is 0. The highest BCUT2D eigenvalue weighted by atomic mass is 16.5. The summed E-state index contributed by atoms with van der Waals surface area (Å²) in [6.07, 6.45) is 4.43. The van der Waals surface area contributed by atoms with Crippen molar-refractivity contribution in [2.75, 3.05) is 13.2 Å². The Labute approximate surface area is 154 Å². The predicted molar refractivity (Wildman–Crippen MR) is 105 cm³/mol. The lowest BCUT2D eigenvalue weighted by molar-refractivity contribution is -0.116. The van der Waals surface area contributed by atoms with Crippen molar-refractivity contribution >= 4 is 12.0 Å². The average Bonchev–Trinajstić information content (AvgIpc) is 2.65. The smallest absolute Gasteiger partial charge is 0.244 e. The van der Waals surface area contributed by atoms with Crippen molar-refractivity contribution in [3.63, 3.8) is 0 Å². The predicted octanol–water partition coefficient (Wildman–Crippen LogP) is 3.89. The first-order valence-electron chi connectivity index (χ1n) is 8.60. The van der Waals surface area contributed by atoms with Gasteiger partial charge in [0.15, 0.2) is 0 Å². The molecule has 2 N–H and O–H groups in total. The largest absolute Gasteiger partial charge is 0.490 e. The standard InChI is InChI=1S/C22H25NO3/c1-17(2)14-15-26-20-11-9-19(10-12-20)21(24)16-23-22(25)13-8-18-6-4-3-5-7-18/h3-14,21,24H,15-16H2,1-2H3,(H,23,25)/b13-8+. The minimum Gasteiger partial charge on any atom is -0.490 e. The minimum absolute atomic E-state index is 0.149. The fourth-order valence-electron chi connectivity index (χ4n) is 2.20. The Hall–Kier alpha value is -2.85. The van der Waals surface area contributed by atoms with E-state index >= 15 is 0 Å². The van der Waals surface area contributed by atoms with Crippen LogP contribution in [-0.2, 0) is 4.79 Å². The van der Waals surface area contributed by atoms with Gasteiger partial charge in [0.1, 0.15) is 12.4 Å². The van der Waals surface area contributed by atoms with Crippen LogP contribution in [0, 0.1) is 0 Å². The Balaban J connectivity index is 1.80. The van der Waals surface area contributed by atoms with Crippen LogP contribution in [0.25, 0.3) is 6.08 Å². The molecule has 0 saturated carbocycles. The number of allylic oxidation sites excluding steroid dienone is 1. The normalized spacial score (nSPS) is 11.8. The third-order valence-corrected chi connectivity index (χ3v) is 3.70. The van der Waals surface area contributed by atoms with E-state index in [2.05, 4.69) is 5.32 Å². The Morgan fingerprint density at radius 1 is 1.12 bits per heavy atom. The number of aliphatic hydroxyl groups is 1. The van der Waals surface area contributed by atoms with E-state index in [0.29, 0.717) is 6.61 Å². The van der Waals surface area contributed by atoms with Gasteiger partial charge >= 0.3 is 0 Å². The molecule has 0 spiro atoms.